The highest BCUT2D eigenvalue weighted by atomic mass is 16.5. The third-order valence-corrected chi connectivity index (χ3v) is 3.88. The maximum atomic E-state index is 12.3. The molecule has 21 heavy (non-hydrogen) atoms. The highest BCUT2D eigenvalue weighted by Crippen LogP contribution is 2.14. The van der Waals surface area contributed by atoms with E-state index < -0.39 is 0 Å². The Kier molecular flexibility index (Phi) is 4.31. The Morgan fingerprint density at radius 1 is 1.33 bits per heavy atom. The van der Waals surface area contributed by atoms with Crippen LogP contribution in [0.15, 0.2) is 35.4 Å². The molecule has 0 aromatic heterocycles. The molecule has 0 saturated carbocycles. The largest absolute Gasteiger partial charge is 0.376 e. The van der Waals surface area contributed by atoms with Crippen molar-refractivity contribution in [3.8, 4) is 0 Å². The quantitative estimate of drug-likeness (QED) is 0.843. The van der Waals surface area contributed by atoms with Gasteiger partial charge in [0.05, 0.1) is 31.5 Å². The van der Waals surface area contributed by atoms with Crippen LogP contribution in [0.3, 0.4) is 0 Å². The fourth-order valence-electron chi connectivity index (χ4n) is 2.78. The maximum Gasteiger partial charge on any atom is 0.256 e. The van der Waals surface area contributed by atoms with Crippen LogP contribution >= 0.6 is 0 Å². The zero-order chi connectivity index (χ0) is 14.7. The van der Waals surface area contributed by atoms with Gasteiger partial charge in [-0.05, 0) is 12.5 Å². The van der Waals surface area contributed by atoms with E-state index in [1.165, 1.54) is 0 Å². The van der Waals surface area contributed by atoms with E-state index in [4.69, 9.17) is 4.74 Å². The van der Waals surface area contributed by atoms with E-state index in [0.29, 0.717) is 19.7 Å². The van der Waals surface area contributed by atoms with E-state index in [9.17, 15) is 4.79 Å². The molecule has 1 aromatic carbocycles. The van der Waals surface area contributed by atoms with Crippen molar-refractivity contribution in [1.29, 1.82) is 0 Å². The summed E-state index contributed by atoms with van der Waals surface area (Å²) in [6.07, 6.45) is 1.03. The number of carbonyl (C=O) groups excluding carboxylic acids is 1. The first kappa shape index (κ1) is 14.2. The molecule has 5 nitrogen and oxygen atoms in total. The van der Waals surface area contributed by atoms with E-state index in [1.54, 1.807) is 5.01 Å². The zero-order valence-corrected chi connectivity index (χ0v) is 12.4. The number of benzene rings is 1. The number of hydrogen-bond acceptors (Lipinski definition) is 4. The number of carbonyl (C=O) groups is 1. The molecule has 0 spiro atoms. The van der Waals surface area contributed by atoms with Crippen molar-refractivity contribution in [2.45, 2.75) is 19.4 Å². The van der Waals surface area contributed by atoms with Gasteiger partial charge in [0, 0.05) is 19.5 Å². The molecule has 3 rings (SSSR count). The van der Waals surface area contributed by atoms with Crippen molar-refractivity contribution in [2.24, 2.45) is 5.10 Å². The number of rotatable bonds is 3. The van der Waals surface area contributed by atoms with Gasteiger partial charge in [-0.3, -0.25) is 9.69 Å². The van der Waals surface area contributed by atoms with Gasteiger partial charge < -0.3 is 4.74 Å². The van der Waals surface area contributed by atoms with E-state index in [0.717, 1.165) is 30.8 Å². The van der Waals surface area contributed by atoms with Crippen LogP contribution in [0.1, 0.15) is 18.9 Å². The van der Waals surface area contributed by atoms with Crippen LogP contribution in [0.5, 0.6) is 0 Å². The van der Waals surface area contributed by atoms with Crippen molar-refractivity contribution in [2.75, 3.05) is 32.8 Å². The van der Waals surface area contributed by atoms with E-state index in [2.05, 4.69) is 10.0 Å². The van der Waals surface area contributed by atoms with Gasteiger partial charge in [0.1, 0.15) is 0 Å². The van der Waals surface area contributed by atoms with Crippen LogP contribution in [0, 0.1) is 0 Å². The topological polar surface area (TPSA) is 45.1 Å². The normalized spacial score (nSPS) is 23.2. The van der Waals surface area contributed by atoms with Crippen molar-refractivity contribution < 1.29 is 9.53 Å². The summed E-state index contributed by atoms with van der Waals surface area (Å²) in [4.78, 5) is 14.5. The molecule has 2 heterocycles. The number of nitrogens with zero attached hydrogens (tertiary/aromatic N) is 3. The van der Waals surface area contributed by atoms with Crippen LogP contribution in [-0.2, 0) is 9.53 Å². The van der Waals surface area contributed by atoms with Crippen LogP contribution in [0.4, 0.5) is 0 Å². The summed E-state index contributed by atoms with van der Waals surface area (Å²) in [5.74, 6) is 0.0787. The summed E-state index contributed by atoms with van der Waals surface area (Å²) < 4.78 is 5.50. The molecule has 2 aliphatic heterocycles. The SMILES string of the molecule is CC1CN(CC(=O)N2CCC(c3ccccc3)=N2)CCO1. The van der Waals surface area contributed by atoms with Gasteiger partial charge in [0.2, 0.25) is 0 Å². The Labute approximate surface area is 125 Å². The highest BCUT2D eigenvalue weighted by Gasteiger charge is 2.25. The number of hydrogen-bond donors (Lipinski definition) is 0. The standard InChI is InChI=1S/C16H21N3O2/c1-13-11-18(9-10-21-13)12-16(20)19-8-7-15(17-19)14-5-3-2-4-6-14/h2-6,13H,7-12H2,1H3. The molecule has 1 atom stereocenters. The van der Waals surface area contributed by atoms with Gasteiger partial charge in [-0.25, -0.2) is 5.01 Å². The third-order valence-electron chi connectivity index (χ3n) is 3.88. The van der Waals surface area contributed by atoms with E-state index >= 15 is 0 Å². The predicted molar refractivity (Wildman–Crippen MR) is 81.2 cm³/mol. The first-order valence-corrected chi connectivity index (χ1v) is 7.49. The predicted octanol–water partition coefficient (Wildman–Crippen LogP) is 1.34. The number of hydrazone groups is 1. The van der Waals surface area contributed by atoms with Crippen molar-refractivity contribution >= 4 is 11.6 Å². The summed E-state index contributed by atoms with van der Waals surface area (Å²) in [5, 5.41) is 6.10. The van der Waals surface area contributed by atoms with Gasteiger partial charge in [-0.1, -0.05) is 30.3 Å². The second-order valence-electron chi connectivity index (χ2n) is 5.60. The summed E-state index contributed by atoms with van der Waals surface area (Å²) in [7, 11) is 0. The second-order valence-corrected chi connectivity index (χ2v) is 5.60. The van der Waals surface area contributed by atoms with Crippen LogP contribution < -0.4 is 0 Å². The molecule has 0 bridgehead atoms. The first-order valence-electron chi connectivity index (χ1n) is 7.49. The van der Waals surface area contributed by atoms with Crippen LogP contribution in [0.2, 0.25) is 0 Å². The second kappa shape index (κ2) is 6.37. The van der Waals surface area contributed by atoms with Crippen LogP contribution in [0.25, 0.3) is 0 Å². The molecule has 2 aliphatic rings. The Morgan fingerprint density at radius 2 is 2.14 bits per heavy atom. The Morgan fingerprint density at radius 3 is 2.90 bits per heavy atom. The van der Waals surface area contributed by atoms with Gasteiger partial charge in [-0.2, -0.15) is 5.10 Å². The van der Waals surface area contributed by atoms with Crippen molar-refractivity contribution in [3.63, 3.8) is 0 Å². The van der Waals surface area contributed by atoms with Crippen molar-refractivity contribution in [3.05, 3.63) is 35.9 Å². The van der Waals surface area contributed by atoms with Gasteiger partial charge in [-0.15, -0.1) is 0 Å². The fourth-order valence-corrected chi connectivity index (χ4v) is 2.78. The summed E-state index contributed by atoms with van der Waals surface area (Å²) in [6.45, 7) is 5.49. The third kappa shape index (κ3) is 3.49. The fraction of sp³-hybridized carbons (Fsp3) is 0.500. The lowest BCUT2D eigenvalue weighted by molar-refractivity contribution is -0.133. The average molecular weight is 287 g/mol. The van der Waals surface area contributed by atoms with E-state index in [-0.39, 0.29) is 12.0 Å². The molecule has 5 heteroatoms. The molecule has 1 fully saturated rings. The lowest BCUT2D eigenvalue weighted by atomic mass is 10.1. The lowest BCUT2D eigenvalue weighted by Crippen LogP contribution is -2.45. The molecule has 1 unspecified atom stereocenters. The summed E-state index contributed by atoms with van der Waals surface area (Å²) in [6, 6.07) is 10.1. The molecule has 1 amide bonds. The van der Waals surface area contributed by atoms with E-state index in [1.807, 2.05) is 37.3 Å². The number of amides is 1. The summed E-state index contributed by atoms with van der Waals surface area (Å²) in [5.41, 5.74) is 2.10. The minimum absolute atomic E-state index is 0.0787. The van der Waals surface area contributed by atoms with Gasteiger partial charge in [0.15, 0.2) is 0 Å². The Hall–Kier alpha value is -1.72. The Balaban J connectivity index is 1.60. The maximum absolute atomic E-state index is 12.3. The smallest absolute Gasteiger partial charge is 0.256 e. The van der Waals surface area contributed by atoms with Crippen LogP contribution in [-0.4, -0.2) is 60.4 Å². The monoisotopic (exact) mass is 287 g/mol. The molecular formula is C16H21N3O2. The molecular weight excluding hydrogens is 266 g/mol. The number of ether oxygens (including phenoxy) is 1. The Bertz CT molecular complexity index is 530. The minimum Gasteiger partial charge on any atom is -0.376 e. The first-order chi connectivity index (χ1) is 10.2. The van der Waals surface area contributed by atoms with Crippen molar-refractivity contribution in [1.82, 2.24) is 9.91 Å². The molecule has 1 aromatic rings. The average Bonchev–Trinajstić information content (AvgIpc) is 2.98. The van der Waals surface area contributed by atoms with Gasteiger partial charge >= 0.3 is 0 Å². The molecule has 112 valence electrons. The lowest BCUT2D eigenvalue weighted by Gasteiger charge is -2.31. The molecule has 0 N–H and O–H groups in total. The summed E-state index contributed by atoms with van der Waals surface area (Å²) >= 11 is 0. The molecule has 1 saturated heterocycles. The van der Waals surface area contributed by atoms with Gasteiger partial charge in [0.25, 0.3) is 5.91 Å². The molecule has 0 radical (unpaired) electrons. The zero-order valence-electron chi connectivity index (χ0n) is 12.4. The minimum atomic E-state index is 0.0787. The number of morpholine rings is 1. The highest BCUT2D eigenvalue weighted by molar-refractivity contribution is 6.02. The molecule has 0 aliphatic carbocycles.